The minimum absolute atomic E-state index is 0.115. The summed E-state index contributed by atoms with van der Waals surface area (Å²) in [5.41, 5.74) is 1.02. The van der Waals surface area contributed by atoms with E-state index in [4.69, 9.17) is 4.84 Å². The minimum atomic E-state index is -4.41. The van der Waals surface area contributed by atoms with Gasteiger partial charge in [-0.2, -0.15) is 13.2 Å². The molecule has 0 N–H and O–H groups in total. The molecule has 1 amide bonds. The molecular formula is C24H26F4N2O2. The number of oxime groups is 1. The second-order valence-corrected chi connectivity index (χ2v) is 9.18. The number of alkyl halides is 3. The molecule has 2 aromatic rings. The van der Waals surface area contributed by atoms with Crippen molar-refractivity contribution >= 4 is 11.6 Å². The van der Waals surface area contributed by atoms with Crippen molar-refractivity contribution in [3.05, 3.63) is 71.0 Å². The fraction of sp³-hybridized carbons (Fsp3) is 0.417. The van der Waals surface area contributed by atoms with E-state index in [-0.39, 0.29) is 36.6 Å². The van der Waals surface area contributed by atoms with Gasteiger partial charge >= 0.3 is 6.18 Å². The van der Waals surface area contributed by atoms with Crippen LogP contribution in [0.15, 0.2) is 53.7 Å². The Balaban J connectivity index is 1.71. The van der Waals surface area contributed by atoms with E-state index in [1.807, 2.05) is 20.8 Å². The zero-order chi connectivity index (χ0) is 23.5. The molecule has 0 bridgehead atoms. The molecule has 0 fully saturated rings. The number of halogens is 4. The van der Waals surface area contributed by atoms with Gasteiger partial charge in [0, 0.05) is 19.4 Å². The highest BCUT2D eigenvalue weighted by molar-refractivity contribution is 6.01. The Morgan fingerprint density at radius 3 is 2.25 bits per heavy atom. The van der Waals surface area contributed by atoms with Gasteiger partial charge in [-0.3, -0.25) is 4.79 Å². The second kappa shape index (κ2) is 9.30. The Hall–Kier alpha value is -2.90. The first kappa shape index (κ1) is 23.8. The number of nitrogens with zero attached hydrogens (tertiary/aromatic N) is 2. The molecule has 1 aliphatic heterocycles. The molecule has 0 radical (unpaired) electrons. The summed E-state index contributed by atoms with van der Waals surface area (Å²) in [5.74, 6) is -0.462. The number of carbonyl (C=O) groups excluding carboxylic acids is 1. The monoisotopic (exact) mass is 450 g/mol. The van der Waals surface area contributed by atoms with Gasteiger partial charge in [-0.15, -0.1) is 0 Å². The molecule has 8 heteroatoms. The number of benzene rings is 2. The van der Waals surface area contributed by atoms with Crippen molar-refractivity contribution in [3.63, 3.8) is 0 Å². The molecule has 4 nitrogen and oxygen atoms in total. The Labute approximate surface area is 184 Å². The largest absolute Gasteiger partial charge is 0.416 e. The Morgan fingerprint density at radius 2 is 1.69 bits per heavy atom. The van der Waals surface area contributed by atoms with Crippen LogP contribution in [0.3, 0.4) is 0 Å². The quantitative estimate of drug-likeness (QED) is 0.522. The van der Waals surface area contributed by atoms with Gasteiger partial charge in [-0.25, -0.2) is 4.39 Å². The summed E-state index contributed by atoms with van der Waals surface area (Å²) in [4.78, 5) is 20.1. The maximum atomic E-state index is 13.2. The fourth-order valence-corrected chi connectivity index (χ4v) is 3.42. The Kier molecular flexibility index (Phi) is 6.91. The van der Waals surface area contributed by atoms with E-state index >= 15 is 0 Å². The molecule has 0 aliphatic carbocycles. The first-order valence-electron chi connectivity index (χ1n) is 10.3. The highest BCUT2D eigenvalue weighted by Crippen LogP contribution is 2.29. The third-order valence-corrected chi connectivity index (χ3v) is 5.02. The standard InChI is InChI=1S/C24H26F4N2O2/c1-23(2,3)13-22(31)30(14-16-4-8-18(9-5-16)24(26,27)28)15-20-12-21(29-32-20)17-6-10-19(25)11-7-17/h4-11,20H,12-15H2,1-3H3. The third kappa shape index (κ3) is 6.55. The molecule has 32 heavy (non-hydrogen) atoms. The number of hydrogen-bond donors (Lipinski definition) is 0. The number of hydrogen-bond acceptors (Lipinski definition) is 3. The number of carbonyl (C=O) groups is 1. The molecule has 1 aliphatic rings. The van der Waals surface area contributed by atoms with Crippen LogP contribution in [-0.2, 0) is 22.4 Å². The molecule has 0 saturated carbocycles. The van der Waals surface area contributed by atoms with Crippen LogP contribution in [-0.4, -0.2) is 29.2 Å². The van der Waals surface area contributed by atoms with E-state index in [1.165, 1.54) is 24.3 Å². The summed E-state index contributed by atoms with van der Waals surface area (Å²) in [6, 6.07) is 10.7. The van der Waals surface area contributed by atoms with Gasteiger partial charge in [0.1, 0.15) is 5.82 Å². The van der Waals surface area contributed by atoms with E-state index in [1.54, 1.807) is 17.0 Å². The van der Waals surface area contributed by atoms with E-state index in [0.29, 0.717) is 17.7 Å². The molecular weight excluding hydrogens is 424 g/mol. The highest BCUT2D eigenvalue weighted by atomic mass is 19.4. The van der Waals surface area contributed by atoms with Crippen LogP contribution < -0.4 is 0 Å². The van der Waals surface area contributed by atoms with Crippen molar-refractivity contribution in [1.82, 2.24) is 4.90 Å². The van der Waals surface area contributed by atoms with Gasteiger partial charge in [-0.05, 0) is 40.8 Å². The number of rotatable bonds is 6. The van der Waals surface area contributed by atoms with Crippen molar-refractivity contribution in [1.29, 1.82) is 0 Å². The average Bonchev–Trinajstić information content (AvgIpc) is 3.15. The van der Waals surface area contributed by atoms with Crippen molar-refractivity contribution in [3.8, 4) is 0 Å². The molecule has 3 rings (SSSR count). The topological polar surface area (TPSA) is 41.9 Å². The van der Waals surface area contributed by atoms with Gasteiger partial charge in [0.15, 0.2) is 6.10 Å². The van der Waals surface area contributed by atoms with Crippen molar-refractivity contribution in [2.24, 2.45) is 10.6 Å². The average molecular weight is 450 g/mol. The van der Waals surface area contributed by atoms with Crippen LogP contribution in [0.2, 0.25) is 0 Å². The molecule has 0 spiro atoms. The molecule has 2 aromatic carbocycles. The third-order valence-electron chi connectivity index (χ3n) is 5.02. The lowest BCUT2D eigenvalue weighted by Crippen LogP contribution is -2.38. The maximum Gasteiger partial charge on any atom is 0.416 e. The van der Waals surface area contributed by atoms with Gasteiger partial charge < -0.3 is 9.74 Å². The summed E-state index contributed by atoms with van der Waals surface area (Å²) >= 11 is 0. The zero-order valence-corrected chi connectivity index (χ0v) is 18.2. The van der Waals surface area contributed by atoms with Crippen LogP contribution in [0.5, 0.6) is 0 Å². The van der Waals surface area contributed by atoms with Gasteiger partial charge in [0.25, 0.3) is 0 Å². The van der Waals surface area contributed by atoms with E-state index < -0.39 is 17.8 Å². The zero-order valence-electron chi connectivity index (χ0n) is 18.2. The van der Waals surface area contributed by atoms with E-state index in [9.17, 15) is 22.4 Å². The van der Waals surface area contributed by atoms with Crippen LogP contribution in [0, 0.1) is 11.2 Å². The predicted molar refractivity (Wildman–Crippen MR) is 113 cm³/mol. The molecule has 1 atom stereocenters. The summed E-state index contributed by atoms with van der Waals surface area (Å²) in [6.07, 6.45) is -4.08. The second-order valence-electron chi connectivity index (χ2n) is 9.18. The number of amides is 1. The molecule has 172 valence electrons. The van der Waals surface area contributed by atoms with Crippen LogP contribution in [0.25, 0.3) is 0 Å². The van der Waals surface area contributed by atoms with Gasteiger partial charge in [0.05, 0.1) is 17.8 Å². The van der Waals surface area contributed by atoms with Crippen LogP contribution in [0.4, 0.5) is 17.6 Å². The Bertz CT molecular complexity index is 961. The maximum absolute atomic E-state index is 13.2. The minimum Gasteiger partial charge on any atom is -0.390 e. The van der Waals surface area contributed by atoms with Crippen LogP contribution >= 0.6 is 0 Å². The summed E-state index contributed by atoms with van der Waals surface area (Å²) < 4.78 is 51.7. The molecule has 0 saturated heterocycles. The van der Waals surface area contributed by atoms with Crippen molar-refractivity contribution in [2.45, 2.75) is 52.4 Å². The lowest BCUT2D eigenvalue weighted by Gasteiger charge is -2.28. The van der Waals surface area contributed by atoms with Crippen molar-refractivity contribution in [2.75, 3.05) is 6.54 Å². The summed E-state index contributed by atoms with van der Waals surface area (Å²) in [5, 5.41) is 4.08. The fourth-order valence-electron chi connectivity index (χ4n) is 3.42. The summed E-state index contributed by atoms with van der Waals surface area (Å²) in [7, 11) is 0. The van der Waals surface area contributed by atoms with Gasteiger partial charge in [0.2, 0.25) is 5.91 Å². The SMILES string of the molecule is CC(C)(C)CC(=O)N(Cc1ccc(C(F)(F)F)cc1)CC1CC(c2ccc(F)cc2)=NO1. The molecule has 0 aromatic heterocycles. The van der Waals surface area contributed by atoms with Gasteiger partial charge in [-0.1, -0.05) is 50.2 Å². The van der Waals surface area contributed by atoms with Crippen molar-refractivity contribution < 1.29 is 27.2 Å². The Morgan fingerprint density at radius 1 is 1.06 bits per heavy atom. The predicted octanol–water partition coefficient (Wildman–Crippen LogP) is 5.80. The lowest BCUT2D eigenvalue weighted by molar-refractivity contribution is -0.138. The molecule has 1 heterocycles. The highest BCUT2D eigenvalue weighted by Gasteiger charge is 2.31. The van der Waals surface area contributed by atoms with E-state index in [2.05, 4.69) is 5.16 Å². The first-order chi connectivity index (χ1) is 14.9. The lowest BCUT2D eigenvalue weighted by atomic mass is 9.91. The summed E-state index contributed by atoms with van der Waals surface area (Å²) in [6.45, 7) is 6.25. The van der Waals surface area contributed by atoms with Crippen LogP contribution in [0.1, 0.15) is 50.3 Å². The van der Waals surface area contributed by atoms with E-state index in [0.717, 1.165) is 17.7 Å². The smallest absolute Gasteiger partial charge is 0.390 e. The molecule has 1 unspecified atom stereocenters. The normalized spacial score (nSPS) is 16.5. The first-order valence-corrected chi connectivity index (χ1v) is 10.3.